The van der Waals surface area contributed by atoms with Gasteiger partial charge < -0.3 is 5.32 Å². The van der Waals surface area contributed by atoms with Crippen molar-refractivity contribution < 1.29 is 0 Å². The molecule has 0 radical (unpaired) electrons. The highest BCUT2D eigenvalue weighted by Crippen LogP contribution is 2.25. The number of rotatable bonds is 2. The Labute approximate surface area is 82.8 Å². The molecule has 0 saturated heterocycles. The number of nitrogens with one attached hydrogen (secondary N) is 1. The van der Waals surface area contributed by atoms with Crippen molar-refractivity contribution in [3.63, 3.8) is 0 Å². The van der Waals surface area contributed by atoms with Gasteiger partial charge in [-0.3, -0.25) is 4.40 Å². The lowest BCUT2D eigenvalue weighted by atomic mass is 10.3. The van der Waals surface area contributed by atoms with E-state index < -0.39 is 0 Å². The van der Waals surface area contributed by atoms with Crippen molar-refractivity contribution in [2.24, 2.45) is 0 Å². The monoisotopic (exact) mass is 187 g/mol. The molecule has 1 aliphatic carbocycles. The minimum absolute atomic E-state index is 0.653. The molecule has 1 saturated carbocycles. The third-order valence-electron chi connectivity index (χ3n) is 2.64. The molecule has 0 bridgehead atoms. The van der Waals surface area contributed by atoms with Crippen molar-refractivity contribution in [2.45, 2.75) is 25.8 Å². The molecule has 2 heterocycles. The van der Waals surface area contributed by atoms with E-state index in [-0.39, 0.29) is 0 Å². The number of imidazole rings is 1. The van der Waals surface area contributed by atoms with Crippen LogP contribution in [-0.4, -0.2) is 15.4 Å². The summed E-state index contributed by atoms with van der Waals surface area (Å²) in [6, 6.07) is 6.83. The number of nitrogens with zero attached hydrogens (tertiary/aromatic N) is 2. The highest BCUT2D eigenvalue weighted by atomic mass is 15.2. The van der Waals surface area contributed by atoms with Crippen molar-refractivity contribution in [1.29, 1.82) is 0 Å². The van der Waals surface area contributed by atoms with Crippen molar-refractivity contribution in [1.82, 2.24) is 9.38 Å². The number of aryl methyl sites for hydroxylation is 1. The Kier molecular flexibility index (Phi) is 1.54. The van der Waals surface area contributed by atoms with Gasteiger partial charge in [0.05, 0.1) is 11.2 Å². The van der Waals surface area contributed by atoms with Gasteiger partial charge >= 0.3 is 0 Å². The lowest BCUT2D eigenvalue weighted by molar-refractivity contribution is 1.04. The molecule has 0 aliphatic heterocycles. The van der Waals surface area contributed by atoms with Crippen molar-refractivity contribution in [3.8, 4) is 0 Å². The minimum Gasteiger partial charge on any atom is -0.353 e. The van der Waals surface area contributed by atoms with Crippen LogP contribution in [0, 0.1) is 6.92 Å². The summed E-state index contributed by atoms with van der Waals surface area (Å²) in [7, 11) is 0. The van der Waals surface area contributed by atoms with E-state index in [1.165, 1.54) is 18.4 Å². The predicted octanol–water partition coefficient (Wildman–Crippen LogP) is 2.22. The molecule has 0 atom stereocenters. The van der Waals surface area contributed by atoms with Crippen LogP contribution in [0.1, 0.15) is 18.5 Å². The van der Waals surface area contributed by atoms with Crippen LogP contribution in [0.2, 0.25) is 0 Å². The fourth-order valence-corrected chi connectivity index (χ4v) is 1.70. The molecule has 3 rings (SSSR count). The van der Waals surface area contributed by atoms with Crippen molar-refractivity contribution in [3.05, 3.63) is 30.1 Å². The zero-order valence-electron chi connectivity index (χ0n) is 8.20. The molecule has 1 aliphatic rings. The van der Waals surface area contributed by atoms with Crippen LogP contribution in [-0.2, 0) is 0 Å². The Morgan fingerprint density at radius 3 is 3.07 bits per heavy atom. The van der Waals surface area contributed by atoms with Gasteiger partial charge in [-0.25, -0.2) is 4.98 Å². The second-order valence-electron chi connectivity index (χ2n) is 3.90. The van der Waals surface area contributed by atoms with Crippen LogP contribution in [0.15, 0.2) is 24.4 Å². The summed E-state index contributed by atoms with van der Waals surface area (Å²) >= 11 is 0. The Balaban J connectivity index is 2.12. The Bertz CT molecular complexity index is 468. The summed E-state index contributed by atoms with van der Waals surface area (Å²) in [6.45, 7) is 2.05. The van der Waals surface area contributed by atoms with Crippen LogP contribution >= 0.6 is 0 Å². The smallest absolute Gasteiger partial charge is 0.207 e. The molecule has 3 nitrogen and oxygen atoms in total. The van der Waals surface area contributed by atoms with E-state index in [1.54, 1.807) is 0 Å². The molecular weight excluding hydrogens is 174 g/mol. The topological polar surface area (TPSA) is 29.3 Å². The highest BCUT2D eigenvalue weighted by Gasteiger charge is 2.22. The van der Waals surface area contributed by atoms with Gasteiger partial charge in [0.15, 0.2) is 0 Å². The van der Waals surface area contributed by atoms with E-state index in [9.17, 15) is 0 Å². The SMILES string of the molecule is Cc1nc(NC2CC2)n2ccccc12. The van der Waals surface area contributed by atoms with E-state index in [0.29, 0.717) is 6.04 Å². The third-order valence-corrected chi connectivity index (χ3v) is 2.64. The van der Waals surface area contributed by atoms with Crippen molar-refractivity contribution >= 4 is 11.5 Å². The molecule has 2 aromatic rings. The number of fused-ring (bicyclic) bond motifs is 1. The number of hydrogen-bond acceptors (Lipinski definition) is 2. The quantitative estimate of drug-likeness (QED) is 0.781. The normalized spacial score (nSPS) is 16.1. The standard InChI is InChI=1S/C11H13N3/c1-8-10-4-2-3-7-14(10)11(12-8)13-9-5-6-9/h2-4,7,9H,5-6H2,1H3,(H,12,13). The summed E-state index contributed by atoms with van der Waals surface area (Å²) in [4.78, 5) is 4.52. The van der Waals surface area contributed by atoms with Gasteiger partial charge in [0.25, 0.3) is 0 Å². The fourth-order valence-electron chi connectivity index (χ4n) is 1.70. The Morgan fingerprint density at radius 1 is 1.43 bits per heavy atom. The van der Waals surface area contributed by atoms with Crippen molar-refractivity contribution in [2.75, 3.05) is 5.32 Å². The third kappa shape index (κ3) is 1.16. The first-order valence-corrected chi connectivity index (χ1v) is 5.05. The molecule has 2 aromatic heterocycles. The van der Waals surface area contributed by atoms with Crippen LogP contribution < -0.4 is 5.32 Å². The zero-order valence-corrected chi connectivity index (χ0v) is 8.20. The van der Waals surface area contributed by atoms with E-state index in [2.05, 4.69) is 27.0 Å². The Morgan fingerprint density at radius 2 is 2.29 bits per heavy atom. The summed E-state index contributed by atoms with van der Waals surface area (Å²) in [5.74, 6) is 0.987. The zero-order chi connectivity index (χ0) is 9.54. The van der Waals surface area contributed by atoms with Gasteiger partial charge in [-0.2, -0.15) is 0 Å². The first-order valence-electron chi connectivity index (χ1n) is 5.05. The average Bonchev–Trinajstić information content (AvgIpc) is 2.95. The first kappa shape index (κ1) is 7.85. The van der Waals surface area contributed by atoms with Crippen LogP contribution in [0.5, 0.6) is 0 Å². The lowest BCUT2D eigenvalue weighted by Crippen LogP contribution is -2.04. The molecule has 1 fully saturated rings. The summed E-state index contributed by atoms with van der Waals surface area (Å²) in [6.07, 6.45) is 4.61. The van der Waals surface area contributed by atoms with Crippen LogP contribution in [0.25, 0.3) is 5.52 Å². The van der Waals surface area contributed by atoms with Gasteiger partial charge in [0.2, 0.25) is 5.95 Å². The molecule has 72 valence electrons. The highest BCUT2D eigenvalue weighted by molar-refractivity contribution is 5.57. The summed E-state index contributed by atoms with van der Waals surface area (Å²) in [5.41, 5.74) is 2.28. The number of hydrogen-bond donors (Lipinski definition) is 1. The number of aromatic nitrogens is 2. The minimum atomic E-state index is 0.653. The van der Waals surface area contributed by atoms with Crippen LogP contribution in [0.4, 0.5) is 5.95 Å². The largest absolute Gasteiger partial charge is 0.353 e. The molecule has 0 amide bonds. The number of anilines is 1. The Hall–Kier alpha value is -1.51. The average molecular weight is 187 g/mol. The predicted molar refractivity (Wildman–Crippen MR) is 56.6 cm³/mol. The van der Waals surface area contributed by atoms with Crippen LogP contribution in [0.3, 0.4) is 0 Å². The molecule has 1 N–H and O–H groups in total. The summed E-state index contributed by atoms with van der Waals surface area (Å²) in [5, 5.41) is 3.43. The van der Waals surface area contributed by atoms with Gasteiger partial charge in [0, 0.05) is 12.2 Å². The molecular formula is C11H13N3. The second kappa shape index (κ2) is 2.74. The first-order chi connectivity index (χ1) is 6.84. The van der Waals surface area contributed by atoms with E-state index in [0.717, 1.165) is 11.6 Å². The van der Waals surface area contributed by atoms with Gasteiger partial charge in [0.1, 0.15) is 0 Å². The van der Waals surface area contributed by atoms with Gasteiger partial charge in [-0.15, -0.1) is 0 Å². The molecule has 14 heavy (non-hydrogen) atoms. The molecule has 0 unspecified atom stereocenters. The van der Waals surface area contributed by atoms with E-state index in [4.69, 9.17) is 0 Å². The maximum Gasteiger partial charge on any atom is 0.207 e. The number of pyridine rings is 1. The van der Waals surface area contributed by atoms with Gasteiger partial charge in [-0.1, -0.05) is 6.07 Å². The molecule has 3 heteroatoms. The van der Waals surface area contributed by atoms with E-state index >= 15 is 0 Å². The lowest BCUT2D eigenvalue weighted by Gasteiger charge is -2.01. The maximum absolute atomic E-state index is 4.52. The maximum atomic E-state index is 4.52. The second-order valence-corrected chi connectivity index (χ2v) is 3.90. The summed E-state index contributed by atoms with van der Waals surface area (Å²) < 4.78 is 2.12. The molecule has 0 aromatic carbocycles. The van der Waals surface area contributed by atoms with Gasteiger partial charge in [-0.05, 0) is 31.9 Å². The van der Waals surface area contributed by atoms with E-state index in [1.807, 2.05) is 19.1 Å². The fraction of sp³-hybridized carbons (Fsp3) is 0.364. The molecule has 0 spiro atoms.